The molecule has 2 aliphatic rings. The summed E-state index contributed by atoms with van der Waals surface area (Å²) in [4.78, 5) is 26.3. The van der Waals surface area contributed by atoms with Crippen molar-refractivity contribution in [2.45, 2.75) is 43.9 Å². The molecule has 8 nitrogen and oxygen atoms in total. The third-order valence-corrected chi connectivity index (χ3v) is 7.34. The van der Waals surface area contributed by atoms with Crippen molar-refractivity contribution in [1.29, 1.82) is 5.26 Å². The van der Waals surface area contributed by atoms with Gasteiger partial charge in [0.1, 0.15) is 17.3 Å². The Kier molecular flexibility index (Phi) is 6.76. The second-order valence-electron chi connectivity index (χ2n) is 9.92. The number of carbonyl (C=O) groups excluding carboxylic acids is 2. The number of nitrogens with one attached hydrogen (secondary N) is 1. The maximum atomic E-state index is 15.9. The summed E-state index contributed by atoms with van der Waals surface area (Å²) >= 11 is 0. The fraction of sp³-hybridized carbons (Fsp3) is 0.357. The van der Waals surface area contributed by atoms with Crippen molar-refractivity contribution in [2.75, 3.05) is 18.4 Å². The number of nitrogens with two attached hydrogens (primary N) is 1. The number of aromatic nitrogens is 2. The first-order valence-electron chi connectivity index (χ1n) is 12.5. The van der Waals surface area contributed by atoms with Crippen molar-refractivity contribution < 1.29 is 14.0 Å². The number of hydrogen-bond donors (Lipinski definition) is 2. The minimum absolute atomic E-state index is 0.0134. The van der Waals surface area contributed by atoms with Crippen LogP contribution in [0, 0.1) is 17.2 Å². The first-order valence-corrected chi connectivity index (χ1v) is 12.5. The highest BCUT2D eigenvalue weighted by molar-refractivity contribution is 6.02. The van der Waals surface area contributed by atoms with Crippen molar-refractivity contribution in [3.05, 3.63) is 71.9 Å². The first-order chi connectivity index (χ1) is 17.9. The van der Waals surface area contributed by atoms with Crippen LogP contribution in [0.3, 0.4) is 0 Å². The summed E-state index contributed by atoms with van der Waals surface area (Å²) in [5.74, 6) is -1.07. The second kappa shape index (κ2) is 10.1. The number of nitrogens with zero attached hydrogens (tertiary/aromatic N) is 4. The maximum Gasteiger partial charge on any atom is 0.254 e. The molecule has 0 bridgehead atoms. The van der Waals surface area contributed by atoms with Crippen molar-refractivity contribution in [1.82, 2.24) is 14.7 Å². The molecule has 1 saturated carbocycles. The Balaban J connectivity index is 1.32. The van der Waals surface area contributed by atoms with Gasteiger partial charge in [-0.3, -0.25) is 19.2 Å². The minimum atomic E-state index is -1.42. The molecule has 3 aromatic rings. The van der Waals surface area contributed by atoms with Gasteiger partial charge in [-0.2, -0.15) is 10.4 Å². The molecule has 0 unspecified atom stereocenters. The number of piperidine rings is 1. The molecule has 2 heterocycles. The van der Waals surface area contributed by atoms with E-state index in [2.05, 4.69) is 40.8 Å². The molecule has 1 aromatic heterocycles. The average Bonchev–Trinajstić information content (AvgIpc) is 3.67. The number of nitriles is 1. The molecule has 190 valence electrons. The SMILES string of the molecule is N#CC[C@]1(n2cc(C(N)=O)c(NC(=O)C3CC3)n2)CCN(Cc2ccc(-c3ccccc3)cc2)C[C@@H]1F. The predicted octanol–water partition coefficient (Wildman–Crippen LogP) is 3.85. The molecule has 0 radical (unpaired) electrons. The van der Waals surface area contributed by atoms with Crippen molar-refractivity contribution in [2.24, 2.45) is 11.7 Å². The number of likely N-dealkylation sites (tertiary alicyclic amines) is 1. The number of halogens is 1. The third-order valence-electron chi connectivity index (χ3n) is 7.34. The highest BCUT2D eigenvalue weighted by Gasteiger charge is 2.47. The van der Waals surface area contributed by atoms with E-state index < -0.39 is 17.6 Å². The van der Waals surface area contributed by atoms with E-state index in [1.807, 2.05) is 35.2 Å². The van der Waals surface area contributed by atoms with Crippen LogP contribution in [0.2, 0.25) is 0 Å². The van der Waals surface area contributed by atoms with Gasteiger partial charge in [0.05, 0.1) is 12.5 Å². The number of alkyl halides is 1. The molecule has 1 saturated heterocycles. The monoisotopic (exact) mass is 500 g/mol. The van der Waals surface area contributed by atoms with E-state index in [0.29, 0.717) is 19.5 Å². The van der Waals surface area contributed by atoms with Gasteiger partial charge < -0.3 is 11.1 Å². The lowest BCUT2D eigenvalue weighted by atomic mass is 9.83. The Labute approximate surface area is 214 Å². The molecule has 0 spiro atoms. The summed E-state index contributed by atoms with van der Waals surface area (Å²) in [6.45, 7) is 1.22. The number of benzene rings is 2. The maximum absolute atomic E-state index is 15.9. The van der Waals surface area contributed by atoms with Crippen LogP contribution >= 0.6 is 0 Å². The highest BCUT2D eigenvalue weighted by atomic mass is 19.1. The fourth-order valence-electron chi connectivity index (χ4n) is 4.95. The Morgan fingerprint density at radius 3 is 2.46 bits per heavy atom. The topological polar surface area (TPSA) is 117 Å². The van der Waals surface area contributed by atoms with E-state index in [1.54, 1.807) is 0 Å². The number of carbonyl (C=O) groups is 2. The fourth-order valence-corrected chi connectivity index (χ4v) is 4.95. The van der Waals surface area contributed by atoms with Crippen LogP contribution in [0.15, 0.2) is 60.8 Å². The second-order valence-corrected chi connectivity index (χ2v) is 9.92. The van der Waals surface area contributed by atoms with Crippen LogP contribution in [0.5, 0.6) is 0 Å². The smallest absolute Gasteiger partial charge is 0.254 e. The molecule has 1 aliphatic heterocycles. The van der Waals surface area contributed by atoms with Gasteiger partial charge in [0.25, 0.3) is 5.91 Å². The van der Waals surface area contributed by atoms with E-state index in [1.165, 1.54) is 10.9 Å². The Morgan fingerprint density at radius 2 is 1.84 bits per heavy atom. The van der Waals surface area contributed by atoms with Crippen molar-refractivity contribution in [3.63, 3.8) is 0 Å². The molecular formula is C28H29FN6O2. The van der Waals surface area contributed by atoms with E-state index in [-0.39, 0.29) is 36.2 Å². The summed E-state index contributed by atoms with van der Waals surface area (Å²) < 4.78 is 17.2. The van der Waals surface area contributed by atoms with Crippen molar-refractivity contribution in [3.8, 4) is 17.2 Å². The van der Waals surface area contributed by atoms with Crippen LogP contribution in [0.4, 0.5) is 10.2 Å². The van der Waals surface area contributed by atoms with Crippen LogP contribution in [-0.4, -0.2) is 45.8 Å². The standard InChI is InChI=1S/C28H29FN6O2/c29-24-18-34(16-19-6-8-21(9-7-19)20-4-2-1-3-5-20)15-13-28(24,12-14-30)35-17-23(25(31)36)26(33-35)32-27(37)22-10-11-22/h1-9,17,22,24H,10-13,15-16,18H2,(H2,31,36)(H,32,33,37)/t24-,28-/m0/s1. The van der Waals surface area contributed by atoms with Crippen LogP contribution in [0.1, 0.15) is 41.6 Å². The van der Waals surface area contributed by atoms with Gasteiger partial charge in [-0.05, 0) is 36.0 Å². The van der Waals surface area contributed by atoms with Gasteiger partial charge in [0, 0.05) is 31.7 Å². The molecule has 9 heteroatoms. The number of rotatable bonds is 8. The Hall–Kier alpha value is -4.03. The molecule has 2 aromatic carbocycles. The summed E-state index contributed by atoms with van der Waals surface area (Å²) in [6.07, 6.45) is 1.72. The van der Waals surface area contributed by atoms with Gasteiger partial charge in [0.2, 0.25) is 5.91 Å². The quantitative estimate of drug-likeness (QED) is 0.487. The van der Waals surface area contributed by atoms with E-state index in [0.717, 1.165) is 29.5 Å². The van der Waals surface area contributed by atoms with Gasteiger partial charge in [-0.15, -0.1) is 0 Å². The number of anilines is 1. The molecular weight excluding hydrogens is 471 g/mol. The summed E-state index contributed by atoms with van der Waals surface area (Å²) in [5.41, 5.74) is 7.61. The van der Waals surface area contributed by atoms with Crippen LogP contribution in [0.25, 0.3) is 11.1 Å². The van der Waals surface area contributed by atoms with Gasteiger partial charge >= 0.3 is 0 Å². The molecule has 3 N–H and O–H groups in total. The normalized spacial score (nSPS) is 21.8. The number of primary amides is 1. The predicted molar refractivity (Wildman–Crippen MR) is 137 cm³/mol. The van der Waals surface area contributed by atoms with Crippen LogP contribution < -0.4 is 11.1 Å². The highest BCUT2D eigenvalue weighted by Crippen LogP contribution is 2.38. The largest absolute Gasteiger partial charge is 0.365 e. The van der Waals surface area contributed by atoms with Crippen LogP contribution in [-0.2, 0) is 16.9 Å². The Morgan fingerprint density at radius 1 is 1.14 bits per heavy atom. The van der Waals surface area contributed by atoms with E-state index >= 15 is 4.39 Å². The third kappa shape index (κ3) is 5.11. The minimum Gasteiger partial charge on any atom is -0.365 e. The lowest BCUT2D eigenvalue weighted by molar-refractivity contribution is -0.117. The lowest BCUT2D eigenvalue weighted by Crippen LogP contribution is -2.54. The lowest BCUT2D eigenvalue weighted by Gasteiger charge is -2.43. The van der Waals surface area contributed by atoms with Crippen molar-refractivity contribution >= 4 is 17.6 Å². The molecule has 2 fully saturated rings. The summed E-state index contributed by atoms with van der Waals surface area (Å²) in [7, 11) is 0. The molecule has 2 atom stereocenters. The zero-order valence-corrected chi connectivity index (χ0v) is 20.4. The average molecular weight is 501 g/mol. The molecule has 5 rings (SSSR count). The zero-order valence-electron chi connectivity index (χ0n) is 20.4. The summed E-state index contributed by atoms with van der Waals surface area (Å²) in [6, 6.07) is 20.4. The number of amides is 2. The van der Waals surface area contributed by atoms with Gasteiger partial charge in [-0.1, -0.05) is 54.6 Å². The first kappa shape index (κ1) is 24.7. The van der Waals surface area contributed by atoms with Gasteiger partial charge in [-0.25, -0.2) is 4.39 Å². The van der Waals surface area contributed by atoms with E-state index in [4.69, 9.17) is 5.73 Å². The summed E-state index contributed by atoms with van der Waals surface area (Å²) in [5, 5.41) is 16.6. The number of hydrogen-bond acceptors (Lipinski definition) is 5. The zero-order chi connectivity index (χ0) is 26.0. The molecule has 2 amide bonds. The molecule has 1 aliphatic carbocycles. The molecule has 37 heavy (non-hydrogen) atoms. The van der Waals surface area contributed by atoms with E-state index in [9.17, 15) is 14.9 Å². The van der Waals surface area contributed by atoms with Gasteiger partial charge in [0.15, 0.2) is 5.82 Å². The Bertz CT molecular complexity index is 1330.